The van der Waals surface area contributed by atoms with Gasteiger partial charge in [-0.05, 0) is 35.9 Å². The molecule has 0 bridgehead atoms. The van der Waals surface area contributed by atoms with Crippen LogP contribution in [0.4, 0.5) is 10.1 Å². The van der Waals surface area contributed by atoms with Crippen molar-refractivity contribution in [1.82, 2.24) is 0 Å². The van der Waals surface area contributed by atoms with Gasteiger partial charge >= 0.3 is 0 Å². The van der Waals surface area contributed by atoms with Crippen LogP contribution >= 0.6 is 23.2 Å². The molecule has 0 radical (unpaired) electrons. The quantitative estimate of drug-likeness (QED) is 0.502. The third-order valence-electron chi connectivity index (χ3n) is 4.50. The Hall–Kier alpha value is -2.41. The highest BCUT2D eigenvalue weighted by molar-refractivity contribution is 7.91. The lowest BCUT2D eigenvalue weighted by Gasteiger charge is -2.12. The molecule has 0 aromatic heterocycles. The van der Waals surface area contributed by atoms with E-state index in [2.05, 4.69) is 5.32 Å². The smallest absolute Gasteiger partial charge is 0.228 e. The van der Waals surface area contributed by atoms with Crippen LogP contribution in [0.2, 0.25) is 10.0 Å². The predicted octanol–water partition coefficient (Wildman–Crippen LogP) is 5.77. The zero-order valence-electron chi connectivity index (χ0n) is 16.0. The van der Waals surface area contributed by atoms with Gasteiger partial charge in [0.15, 0.2) is 9.84 Å². The van der Waals surface area contributed by atoms with Crippen molar-refractivity contribution in [2.24, 2.45) is 0 Å². The summed E-state index contributed by atoms with van der Waals surface area (Å²) < 4.78 is 37.8. The van der Waals surface area contributed by atoms with Gasteiger partial charge in [-0.1, -0.05) is 60.5 Å². The van der Waals surface area contributed by atoms with Crippen LogP contribution in [0.25, 0.3) is 11.1 Å². The van der Waals surface area contributed by atoms with Gasteiger partial charge < -0.3 is 5.32 Å². The van der Waals surface area contributed by atoms with Gasteiger partial charge in [0.2, 0.25) is 5.91 Å². The van der Waals surface area contributed by atoms with Crippen LogP contribution < -0.4 is 5.32 Å². The largest absolute Gasteiger partial charge is 0.326 e. The van der Waals surface area contributed by atoms with Crippen LogP contribution in [0.1, 0.15) is 12.5 Å². The topological polar surface area (TPSA) is 63.2 Å². The molecule has 0 aliphatic carbocycles. The second-order valence-electron chi connectivity index (χ2n) is 6.57. The van der Waals surface area contributed by atoms with Crippen LogP contribution in [0.5, 0.6) is 0 Å². The molecule has 0 spiro atoms. The van der Waals surface area contributed by atoms with Crippen molar-refractivity contribution in [1.29, 1.82) is 0 Å². The van der Waals surface area contributed by atoms with Gasteiger partial charge in [-0.15, -0.1) is 0 Å². The summed E-state index contributed by atoms with van der Waals surface area (Å²) in [4.78, 5) is 12.6. The summed E-state index contributed by atoms with van der Waals surface area (Å²) in [6.45, 7) is 1.57. The maximum Gasteiger partial charge on any atom is 0.228 e. The Bertz CT molecular complexity index is 1170. The molecule has 1 amide bonds. The second-order valence-corrected chi connectivity index (χ2v) is 9.66. The molecule has 0 saturated carbocycles. The Kier molecular flexibility index (Phi) is 6.81. The van der Waals surface area contributed by atoms with Gasteiger partial charge in [-0.2, -0.15) is 0 Å². The molecule has 0 heterocycles. The minimum Gasteiger partial charge on any atom is -0.326 e. The normalized spacial score (nSPS) is 11.3. The summed E-state index contributed by atoms with van der Waals surface area (Å²) in [5.41, 5.74) is 1.65. The molecule has 30 heavy (non-hydrogen) atoms. The minimum absolute atomic E-state index is 0.0111. The molecule has 4 nitrogen and oxygen atoms in total. The average Bonchev–Trinajstić information content (AvgIpc) is 2.69. The Morgan fingerprint density at radius 3 is 2.17 bits per heavy atom. The van der Waals surface area contributed by atoms with Crippen molar-refractivity contribution in [3.8, 4) is 11.1 Å². The minimum atomic E-state index is -3.29. The van der Waals surface area contributed by atoms with E-state index in [1.807, 2.05) is 0 Å². The number of anilines is 1. The number of hydrogen-bond acceptors (Lipinski definition) is 3. The zero-order chi connectivity index (χ0) is 21.9. The van der Waals surface area contributed by atoms with E-state index < -0.39 is 15.7 Å². The molecule has 0 aliphatic heterocycles. The molecular weight excluding hydrogens is 448 g/mol. The first kappa shape index (κ1) is 22.3. The highest BCUT2D eigenvalue weighted by atomic mass is 35.5. The van der Waals surface area contributed by atoms with Crippen LogP contribution in [0.3, 0.4) is 0 Å². The predicted molar refractivity (Wildman–Crippen MR) is 118 cm³/mol. The molecule has 8 heteroatoms. The van der Waals surface area contributed by atoms with Crippen molar-refractivity contribution >= 4 is 44.6 Å². The highest BCUT2D eigenvalue weighted by Gasteiger charge is 2.16. The molecule has 0 atom stereocenters. The zero-order valence-corrected chi connectivity index (χ0v) is 18.3. The van der Waals surface area contributed by atoms with E-state index in [0.717, 1.165) is 0 Å². The van der Waals surface area contributed by atoms with Crippen molar-refractivity contribution in [2.75, 3.05) is 11.1 Å². The van der Waals surface area contributed by atoms with E-state index in [9.17, 15) is 17.6 Å². The summed E-state index contributed by atoms with van der Waals surface area (Å²) >= 11 is 12.6. The summed E-state index contributed by atoms with van der Waals surface area (Å²) in [6.07, 6.45) is 0.0384. The number of halogens is 3. The number of rotatable bonds is 6. The fourth-order valence-electron chi connectivity index (χ4n) is 2.94. The first-order valence-corrected chi connectivity index (χ1v) is 11.5. The van der Waals surface area contributed by atoms with Gasteiger partial charge in [0, 0.05) is 16.8 Å². The molecule has 0 fully saturated rings. The highest BCUT2D eigenvalue weighted by Crippen LogP contribution is 2.38. The summed E-state index contributed by atoms with van der Waals surface area (Å²) in [6, 6.07) is 15.3. The average molecular weight is 466 g/mol. The summed E-state index contributed by atoms with van der Waals surface area (Å²) in [5, 5.41) is 3.11. The van der Waals surface area contributed by atoms with E-state index >= 15 is 0 Å². The Balaban J connectivity index is 1.75. The third-order valence-corrected chi connectivity index (χ3v) is 6.84. The van der Waals surface area contributed by atoms with Gasteiger partial charge in [0.25, 0.3) is 0 Å². The number of amides is 1. The first-order valence-electron chi connectivity index (χ1n) is 9.06. The molecule has 0 aliphatic rings. The van der Waals surface area contributed by atoms with E-state index in [1.165, 1.54) is 30.3 Å². The van der Waals surface area contributed by atoms with Crippen LogP contribution in [-0.4, -0.2) is 20.1 Å². The molecule has 3 aromatic carbocycles. The van der Waals surface area contributed by atoms with Gasteiger partial charge in [-0.3, -0.25) is 4.79 Å². The molecule has 3 rings (SSSR count). The molecular formula is C22H18Cl2FNO3S. The maximum absolute atomic E-state index is 14.1. The molecule has 156 valence electrons. The number of carbonyl (C=O) groups is 1. The Labute approximate surface area is 184 Å². The molecule has 0 unspecified atom stereocenters. The SMILES string of the molecule is CCS(=O)(=O)c1ccc(CC(=O)Nc2cc(Cl)c(-c3ccccc3F)c(Cl)c2)cc1. The van der Waals surface area contributed by atoms with Gasteiger partial charge in [0.1, 0.15) is 5.82 Å². The lowest BCUT2D eigenvalue weighted by atomic mass is 10.0. The fourth-order valence-corrected chi connectivity index (χ4v) is 4.51. The van der Waals surface area contributed by atoms with Crippen LogP contribution in [-0.2, 0) is 21.1 Å². The monoisotopic (exact) mass is 465 g/mol. The van der Waals surface area contributed by atoms with Crippen LogP contribution in [0.15, 0.2) is 65.6 Å². The number of carbonyl (C=O) groups excluding carboxylic acids is 1. The van der Waals surface area contributed by atoms with Crippen molar-refractivity contribution in [3.63, 3.8) is 0 Å². The molecule has 3 aromatic rings. The second kappa shape index (κ2) is 9.16. The Morgan fingerprint density at radius 1 is 1.00 bits per heavy atom. The van der Waals surface area contributed by atoms with E-state index in [0.29, 0.717) is 16.8 Å². The van der Waals surface area contributed by atoms with Crippen LogP contribution in [0, 0.1) is 5.82 Å². The Morgan fingerprint density at radius 2 is 1.60 bits per heavy atom. The number of hydrogen-bond donors (Lipinski definition) is 1. The van der Waals surface area contributed by atoms with Crippen molar-refractivity contribution < 1.29 is 17.6 Å². The third kappa shape index (κ3) is 5.01. The number of sulfone groups is 1. The molecule has 0 saturated heterocycles. The van der Waals surface area contributed by atoms with E-state index in [1.54, 1.807) is 37.3 Å². The maximum atomic E-state index is 14.1. The van der Waals surface area contributed by atoms with Gasteiger partial charge in [-0.25, -0.2) is 12.8 Å². The first-order chi connectivity index (χ1) is 14.2. The number of nitrogens with one attached hydrogen (secondary N) is 1. The fraction of sp³-hybridized carbons (Fsp3) is 0.136. The summed E-state index contributed by atoms with van der Waals surface area (Å²) in [7, 11) is -3.29. The number of benzene rings is 3. The van der Waals surface area contributed by atoms with Crippen molar-refractivity contribution in [3.05, 3.63) is 82.1 Å². The van der Waals surface area contributed by atoms with E-state index in [4.69, 9.17) is 23.2 Å². The van der Waals surface area contributed by atoms with Gasteiger partial charge in [0.05, 0.1) is 27.1 Å². The summed E-state index contributed by atoms with van der Waals surface area (Å²) in [5.74, 6) is -0.768. The molecule has 1 N–H and O–H groups in total. The van der Waals surface area contributed by atoms with E-state index in [-0.39, 0.29) is 38.6 Å². The standard InChI is InChI=1S/C22H18Cl2FNO3S/c1-2-30(28,29)16-9-7-14(8-10-16)11-21(27)26-15-12-18(23)22(19(24)13-15)17-5-3-4-6-20(17)25/h3-10,12-13H,2,11H2,1H3,(H,26,27). The van der Waals surface area contributed by atoms with Crippen molar-refractivity contribution in [2.45, 2.75) is 18.2 Å². The lowest BCUT2D eigenvalue weighted by molar-refractivity contribution is -0.115. The lowest BCUT2D eigenvalue weighted by Crippen LogP contribution is -2.14.